The Kier molecular flexibility index (Phi) is 1.72. The van der Waals surface area contributed by atoms with Crippen molar-refractivity contribution in [3.05, 3.63) is 0 Å². The van der Waals surface area contributed by atoms with Gasteiger partial charge in [-0.15, -0.1) is 0 Å². The van der Waals surface area contributed by atoms with E-state index in [2.05, 4.69) is 4.90 Å². The number of fused-ring (bicyclic) bond motifs is 1. The lowest BCUT2D eigenvalue weighted by atomic mass is 9.95. The third-order valence-electron chi connectivity index (χ3n) is 3.13. The van der Waals surface area contributed by atoms with Crippen molar-refractivity contribution >= 4 is 5.78 Å². The van der Waals surface area contributed by atoms with Crippen molar-refractivity contribution in [2.45, 2.75) is 32.2 Å². The van der Waals surface area contributed by atoms with Crippen LogP contribution in [-0.2, 0) is 4.79 Å². The van der Waals surface area contributed by atoms with Gasteiger partial charge in [0.1, 0.15) is 5.78 Å². The van der Waals surface area contributed by atoms with Crippen molar-refractivity contribution in [2.24, 2.45) is 5.92 Å². The minimum atomic E-state index is 0.373. The Labute approximate surface area is 67.6 Å². The van der Waals surface area contributed by atoms with Gasteiger partial charge in [0, 0.05) is 12.0 Å². The van der Waals surface area contributed by atoms with Gasteiger partial charge in [0.25, 0.3) is 0 Å². The van der Waals surface area contributed by atoms with Gasteiger partial charge in [-0.25, -0.2) is 0 Å². The molecule has 62 valence electrons. The molecule has 0 amide bonds. The molecule has 2 nitrogen and oxygen atoms in total. The highest BCUT2D eigenvalue weighted by atomic mass is 16.1. The lowest BCUT2D eigenvalue weighted by Gasteiger charge is -2.17. The van der Waals surface area contributed by atoms with Crippen LogP contribution in [0.1, 0.15) is 26.2 Å². The van der Waals surface area contributed by atoms with Crippen LogP contribution in [0.4, 0.5) is 0 Å². The van der Waals surface area contributed by atoms with Crippen LogP contribution in [0.2, 0.25) is 0 Å². The maximum absolute atomic E-state index is 11.2. The third kappa shape index (κ3) is 1.09. The highest BCUT2D eigenvalue weighted by Gasteiger charge is 2.38. The molecule has 2 heteroatoms. The van der Waals surface area contributed by atoms with E-state index in [0.29, 0.717) is 17.7 Å². The van der Waals surface area contributed by atoms with E-state index in [1.54, 1.807) is 6.92 Å². The number of carbonyl (C=O) groups is 1. The average Bonchev–Trinajstić information content (AvgIpc) is 2.41. The number of nitrogens with zero attached hydrogens (tertiary/aromatic N) is 1. The summed E-state index contributed by atoms with van der Waals surface area (Å²) >= 11 is 0. The van der Waals surface area contributed by atoms with Crippen LogP contribution >= 0.6 is 0 Å². The lowest BCUT2D eigenvalue weighted by molar-refractivity contribution is -0.121. The summed E-state index contributed by atoms with van der Waals surface area (Å²) in [5.74, 6) is 0.775. The first-order chi connectivity index (χ1) is 5.29. The van der Waals surface area contributed by atoms with E-state index >= 15 is 0 Å². The molecule has 2 atom stereocenters. The molecular formula is C9H15NO. The van der Waals surface area contributed by atoms with E-state index in [4.69, 9.17) is 0 Å². The Morgan fingerprint density at radius 3 is 2.91 bits per heavy atom. The van der Waals surface area contributed by atoms with E-state index < -0.39 is 0 Å². The summed E-state index contributed by atoms with van der Waals surface area (Å²) in [7, 11) is 0. The Hall–Kier alpha value is -0.370. The summed E-state index contributed by atoms with van der Waals surface area (Å²) in [6, 6.07) is 0.618. The van der Waals surface area contributed by atoms with Crippen molar-refractivity contribution in [2.75, 3.05) is 13.1 Å². The second kappa shape index (κ2) is 2.59. The SMILES string of the molecule is CC(=O)C1CCN2CCCC12. The first kappa shape index (κ1) is 7.29. The fourth-order valence-corrected chi connectivity index (χ4v) is 2.56. The first-order valence-electron chi connectivity index (χ1n) is 4.53. The van der Waals surface area contributed by atoms with Gasteiger partial charge in [0.2, 0.25) is 0 Å². The Morgan fingerprint density at radius 1 is 1.36 bits per heavy atom. The van der Waals surface area contributed by atoms with Gasteiger partial charge in [0.15, 0.2) is 0 Å². The Morgan fingerprint density at radius 2 is 2.18 bits per heavy atom. The average molecular weight is 153 g/mol. The summed E-state index contributed by atoms with van der Waals surface area (Å²) in [4.78, 5) is 13.6. The largest absolute Gasteiger partial charge is 0.300 e. The van der Waals surface area contributed by atoms with Crippen LogP contribution in [0.3, 0.4) is 0 Å². The number of hydrogen-bond acceptors (Lipinski definition) is 2. The van der Waals surface area contributed by atoms with Gasteiger partial charge in [0.05, 0.1) is 0 Å². The zero-order chi connectivity index (χ0) is 7.84. The molecule has 2 heterocycles. The Bertz CT molecular complexity index is 178. The van der Waals surface area contributed by atoms with E-state index in [1.807, 2.05) is 0 Å². The fraction of sp³-hybridized carbons (Fsp3) is 0.889. The number of carbonyl (C=O) groups excluding carboxylic acids is 1. The molecule has 0 aromatic heterocycles. The highest BCUT2D eigenvalue weighted by Crippen LogP contribution is 2.32. The van der Waals surface area contributed by atoms with Crippen molar-refractivity contribution in [3.8, 4) is 0 Å². The van der Waals surface area contributed by atoms with Crippen LogP contribution in [0.15, 0.2) is 0 Å². The Balaban J connectivity index is 2.08. The molecule has 0 aliphatic carbocycles. The number of Topliss-reactive ketones (excluding diaryl/α,β-unsaturated/α-hetero) is 1. The van der Waals surface area contributed by atoms with Crippen LogP contribution in [0, 0.1) is 5.92 Å². The minimum Gasteiger partial charge on any atom is -0.300 e. The molecule has 0 aromatic carbocycles. The minimum absolute atomic E-state index is 0.373. The molecule has 0 aromatic rings. The van der Waals surface area contributed by atoms with Crippen LogP contribution < -0.4 is 0 Å². The predicted octanol–water partition coefficient (Wildman–Crippen LogP) is 1.06. The van der Waals surface area contributed by atoms with Crippen molar-refractivity contribution in [1.82, 2.24) is 4.90 Å². The maximum atomic E-state index is 11.2. The topological polar surface area (TPSA) is 20.3 Å². The molecule has 0 spiro atoms. The summed E-state index contributed by atoms with van der Waals surface area (Å²) in [6.07, 6.45) is 3.67. The molecule has 2 rings (SSSR count). The highest BCUT2D eigenvalue weighted by molar-refractivity contribution is 5.79. The van der Waals surface area contributed by atoms with Gasteiger partial charge in [-0.1, -0.05) is 0 Å². The van der Waals surface area contributed by atoms with E-state index in [-0.39, 0.29) is 0 Å². The molecule has 11 heavy (non-hydrogen) atoms. The van der Waals surface area contributed by atoms with Crippen LogP contribution in [-0.4, -0.2) is 29.8 Å². The summed E-state index contributed by atoms with van der Waals surface area (Å²) in [5.41, 5.74) is 0. The molecule has 2 aliphatic rings. The quantitative estimate of drug-likeness (QED) is 0.561. The normalized spacial score (nSPS) is 37.5. The zero-order valence-corrected chi connectivity index (χ0v) is 7.05. The monoisotopic (exact) mass is 153 g/mol. The van der Waals surface area contributed by atoms with Crippen LogP contribution in [0.5, 0.6) is 0 Å². The molecular weight excluding hydrogens is 138 g/mol. The first-order valence-corrected chi connectivity index (χ1v) is 4.53. The number of rotatable bonds is 1. The van der Waals surface area contributed by atoms with Gasteiger partial charge in [-0.05, 0) is 39.3 Å². The molecule has 2 saturated heterocycles. The van der Waals surface area contributed by atoms with E-state index in [9.17, 15) is 4.79 Å². The molecule has 2 fully saturated rings. The smallest absolute Gasteiger partial charge is 0.134 e. The molecule has 0 saturated carbocycles. The van der Waals surface area contributed by atoms with Crippen molar-refractivity contribution in [3.63, 3.8) is 0 Å². The predicted molar refractivity (Wildman–Crippen MR) is 43.4 cm³/mol. The van der Waals surface area contributed by atoms with Gasteiger partial charge in [-0.2, -0.15) is 0 Å². The second-order valence-electron chi connectivity index (χ2n) is 3.75. The van der Waals surface area contributed by atoms with Crippen molar-refractivity contribution in [1.29, 1.82) is 0 Å². The molecule has 0 radical (unpaired) electrons. The van der Waals surface area contributed by atoms with E-state index in [0.717, 1.165) is 13.0 Å². The fourth-order valence-electron chi connectivity index (χ4n) is 2.56. The van der Waals surface area contributed by atoms with Crippen LogP contribution in [0.25, 0.3) is 0 Å². The molecule has 2 aliphatic heterocycles. The lowest BCUT2D eigenvalue weighted by Crippen LogP contribution is -2.28. The third-order valence-corrected chi connectivity index (χ3v) is 3.13. The van der Waals surface area contributed by atoms with Gasteiger partial charge in [-0.3, -0.25) is 9.69 Å². The standard InChI is InChI=1S/C9H15NO/c1-7(11)8-4-6-10-5-2-3-9(8)10/h8-9H,2-6H2,1H3. The van der Waals surface area contributed by atoms with E-state index in [1.165, 1.54) is 19.4 Å². The summed E-state index contributed by atoms with van der Waals surface area (Å²) < 4.78 is 0. The number of hydrogen-bond donors (Lipinski definition) is 0. The molecule has 2 unspecified atom stereocenters. The summed E-state index contributed by atoms with van der Waals surface area (Å²) in [5, 5.41) is 0. The van der Waals surface area contributed by atoms with Gasteiger partial charge < -0.3 is 0 Å². The molecule has 0 N–H and O–H groups in total. The number of ketones is 1. The second-order valence-corrected chi connectivity index (χ2v) is 3.75. The van der Waals surface area contributed by atoms with Gasteiger partial charge >= 0.3 is 0 Å². The maximum Gasteiger partial charge on any atom is 0.134 e. The zero-order valence-electron chi connectivity index (χ0n) is 7.05. The summed E-state index contributed by atoms with van der Waals surface area (Å²) in [6.45, 7) is 4.13. The molecule has 0 bridgehead atoms. The van der Waals surface area contributed by atoms with Crippen molar-refractivity contribution < 1.29 is 4.79 Å².